The van der Waals surface area contributed by atoms with Crippen LogP contribution in [0, 0.1) is 11.3 Å². The molecular formula is C12H12N4O3. The largest absolute Gasteiger partial charge is 0.493 e. The Balaban J connectivity index is 2.63. The van der Waals surface area contributed by atoms with Gasteiger partial charge < -0.3 is 14.2 Å². The molecule has 98 valence electrons. The van der Waals surface area contributed by atoms with Crippen molar-refractivity contribution < 1.29 is 14.2 Å². The number of benzene rings is 1. The van der Waals surface area contributed by atoms with Crippen LogP contribution in [0.5, 0.6) is 17.2 Å². The number of nitrogens with one attached hydrogen (secondary N) is 1. The number of aromatic amines is 1. The van der Waals surface area contributed by atoms with Crippen LogP contribution < -0.4 is 14.2 Å². The predicted molar refractivity (Wildman–Crippen MR) is 66.2 cm³/mol. The van der Waals surface area contributed by atoms with Crippen molar-refractivity contribution in [3.05, 3.63) is 17.8 Å². The number of aromatic nitrogens is 3. The van der Waals surface area contributed by atoms with E-state index in [-0.39, 0.29) is 5.69 Å². The van der Waals surface area contributed by atoms with E-state index in [9.17, 15) is 0 Å². The van der Waals surface area contributed by atoms with E-state index in [4.69, 9.17) is 19.5 Å². The highest BCUT2D eigenvalue weighted by Crippen LogP contribution is 2.41. The molecule has 0 atom stereocenters. The SMILES string of the molecule is COc1cc(-c2nn[nH]c2C#N)cc(OC)c1OC. The molecule has 1 N–H and O–H groups in total. The first kappa shape index (κ1) is 12.7. The van der Waals surface area contributed by atoms with Gasteiger partial charge in [-0.25, -0.2) is 5.10 Å². The first-order chi connectivity index (χ1) is 9.24. The van der Waals surface area contributed by atoms with Crippen LogP contribution in [0.1, 0.15) is 5.69 Å². The lowest BCUT2D eigenvalue weighted by atomic mass is 10.1. The van der Waals surface area contributed by atoms with Crippen molar-refractivity contribution in [3.8, 4) is 34.6 Å². The molecule has 0 amide bonds. The summed E-state index contributed by atoms with van der Waals surface area (Å²) < 4.78 is 15.7. The van der Waals surface area contributed by atoms with Gasteiger partial charge in [0.05, 0.1) is 21.3 Å². The summed E-state index contributed by atoms with van der Waals surface area (Å²) in [5, 5.41) is 19.0. The molecule has 0 saturated heterocycles. The lowest BCUT2D eigenvalue weighted by molar-refractivity contribution is 0.324. The summed E-state index contributed by atoms with van der Waals surface area (Å²) in [6.45, 7) is 0. The Kier molecular flexibility index (Phi) is 3.52. The van der Waals surface area contributed by atoms with Crippen molar-refractivity contribution in [2.24, 2.45) is 0 Å². The molecule has 1 heterocycles. The molecule has 0 aliphatic heterocycles. The minimum atomic E-state index is 0.272. The summed E-state index contributed by atoms with van der Waals surface area (Å²) in [6.07, 6.45) is 0. The fourth-order valence-corrected chi connectivity index (χ4v) is 1.73. The van der Waals surface area contributed by atoms with Gasteiger partial charge in [0.25, 0.3) is 0 Å². The molecule has 0 aliphatic carbocycles. The number of nitriles is 1. The van der Waals surface area contributed by atoms with Gasteiger partial charge in [0.2, 0.25) is 5.75 Å². The number of hydrogen-bond acceptors (Lipinski definition) is 6. The van der Waals surface area contributed by atoms with Crippen LogP contribution in [0.25, 0.3) is 11.3 Å². The van der Waals surface area contributed by atoms with Gasteiger partial charge in [-0.15, -0.1) is 5.10 Å². The summed E-state index contributed by atoms with van der Waals surface area (Å²) in [5.41, 5.74) is 1.36. The van der Waals surface area contributed by atoms with Crippen molar-refractivity contribution in [2.75, 3.05) is 21.3 Å². The zero-order chi connectivity index (χ0) is 13.8. The molecule has 0 aliphatic rings. The Morgan fingerprint density at radius 3 is 2.21 bits per heavy atom. The van der Waals surface area contributed by atoms with Gasteiger partial charge in [-0.05, 0) is 12.1 Å². The number of methoxy groups -OCH3 is 3. The van der Waals surface area contributed by atoms with Crippen LogP contribution in [-0.4, -0.2) is 36.7 Å². The summed E-state index contributed by atoms with van der Waals surface area (Å²) in [4.78, 5) is 0. The normalized spacial score (nSPS) is 9.79. The van der Waals surface area contributed by atoms with E-state index in [1.165, 1.54) is 21.3 Å². The lowest BCUT2D eigenvalue weighted by Crippen LogP contribution is -1.96. The molecule has 1 aromatic carbocycles. The maximum absolute atomic E-state index is 8.97. The molecule has 0 fully saturated rings. The second kappa shape index (κ2) is 5.27. The Labute approximate surface area is 109 Å². The second-order valence-electron chi connectivity index (χ2n) is 3.56. The van der Waals surface area contributed by atoms with Crippen molar-refractivity contribution >= 4 is 0 Å². The Hall–Kier alpha value is -2.75. The molecule has 0 saturated carbocycles. The third-order valence-electron chi connectivity index (χ3n) is 2.60. The highest BCUT2D eigenvalue weighted by atomic mass is 16.5. The molecule has 0 radical (unpaired) electrons. The molecule has 2 rings (SSSR count). The second-order valence-corrected chi connectivity index (χ2v) is 3.56. The van der Waals surface area contributed by atoms with E-state index in [1.807, 2.05) is 6.07 Å². The monoisotopic (exact) mass is 260 g/mol. The zero-order valence-electron chi connectivity index (χ0n) is 10.7. The van der Waals surface area contributed by atoms with E-state index in [1.54, 1.807) is 12.1 Å². The molecule has 1 aromatic heterocycles. The number of rotatable bonds is 4. The zero-order valence-corrected chi connectivity index (χ0v) is 10.7. The Bertz CT molecular complexity index is 605. The van der Waals surface area contributed by atoms with Crippen LogP contribution in [0.15, 0.2) is 12.1 Å². The van der Waals surface area contributed by atoms with Gasteiger partial charge in [0.15, 0.2) is 17.2 Å². The smallest absolute Gasteiger partial charge is 0.203 e. The van der Waals surface area contributed by atoms with Gasteiger partial charge in [-0.2, -0.15) is 5.26 Å². The topological polar surface area (TPSA) is 93.1 Å². The van der Waals surface area contributed by atoms with Crippen molar-refractivity contribution in [2.45, 2.75) is 0 Å². The molecule has 0 unspecified atom stereocenters. The Morgan fingerprint density at radius 2 is 1.74 bits per heavy atom. The molecule has 0 spiro atoms. The van der Waals surface area contributed by atoms with Crippen LogP contribution in [0.4, 0.5) is 0 Å². The maximum Gasteiger partial charge on any atom is 0.203 e. The Morgan fingerprint density at radius 1 is 1.11 bits per heavy atom. The number of ether oxygens (including phenoxy) is 3. The fraction of sp³-hybridized carbons (Fsp3) is 0.250. The van der Waals surface area contributed by atoms with E-state index in [2.05, 4.69) is 15.4 Å². The van der Waals surface area contributed by atoms with Gasteiger partial charge in [-0.1, -0.05) is 5.21 Å². The molecule has 7 heteroatoms. The quantitative estimate of drug-likeness (QED) is 0.892. The minimum absolute atomic E-state index is 0.272. The van der Waals surface area contributed by atoms with Crippen molar-refractivity contribution in [1.29, 1.82) is 5.26 Å². The molecule has 2 aromatic rings. The lowest BCUT2D eigenvalue weighted by Gasteiger charge is -2.13. The van der Waals surface area contributed by atoms with Gasteiger partial charge in [-0.3, -0.25) is 0 Å². The van der Waals surface area contributed by atoms with Crippen LogP contribution in [0.3, 0.4) is 0 Å². The van der Waals surface area contributed by atoms with Gasteiger partial charge in [0.1, 0.15) is 11.8 Å². The average molecular weight is 260 g/mol. The summed E-state index contributed by atoms with van der Waals surface area (Å²) >= 11 is 0. The van der Waals surface area contributed by atoms with E-state index in [0.29, 0.717) is 28.5 Å². The first-order valence-electron chi connectivity index (χ1n) is 5.36. The number of H-pyrrole nitrogens is 1. The van der Waals surface area contributed by atoms with E-state index >= 15 is 0 Å². The first-order valence-corrected chi connectivity index (χ1v) is 5.36. The predicted octanol–water partition coefficient (Wildman–Crippen LogP) is 1.37. The minimum Gasteiger partial charge on any atom is -0.493 e. The molecule has 0 bridgehead atoms. The molecule has 19 heavy (non-hydrogen) atoms. The van der Waals surface area contributed by atoms with Gasteiger partial charge >= 0.3 is 0 Å². The van der Waals surface area contributed by atoms with Crippen molar-refractivity contribution in [1.82, 2.24) is 15.4 Å². The third-order valence-corrected chi connectivity index (χ3v) is 2.60. The summed E-state index contributed by atoms with van der Waals surface area (Å²) in [5.74, 6) is 1.46. The third kappa shape index (κ3) is 2.15. The van der Waals surface area contributed by atoms with Crippen LogP contribution in [0.2, 0.25) is 0 Å². The van der Waals surface area contributed by atoms with E-state index < -0.39 is 0 Å². The number of nitrogens with zero attached hydrogens (tertiary/aromatic N) is 3. The molecular weight excluding hydrogens is 248 g/mol. The van der Waals surface area contributed by atoms with E-state index in [0.717, 1.165) is 0 Å². The highest BCUT2D eigenvalue weighted by Gasteiger charge is 2.17. The standard InChI is InChI=1S/C12H12N4O3/c1-17-9-4-7(5-10(18-2)12(9)19-3)11-8(6-13)14-16-15-11/h4-5H,1-3H3,(H,14,15,16). The number of hydrogen-bond donors (Lipinski definition) is 1. The average Bonchev–Trinajstić information content (AvgIpc) is 2.93. The highest BCUT2D eigenvalue weighted by molar-refractivity contribution is 5.71. The summed E-state index contributed by atoms with van der Waals surface area (Å²) in [7, 11) is 4.57. The molecule has 7 nitrogen and oxygen atoms in total. The fourth-order valence-electron chi connectivity index (χ4n) is 1.73. The maximum atomic E-state index is 8.97. The van der Waals surface area contributed by atoms with Gasteiger partial charge in [0, 0.05) is 5.56 Å². The van der Waals surface area contributed by atoms with Crippen LogP contribution in [-0.2, 0) is 0 Å². The van der Waals surface area contributed by atoms with Crippen molar-refractivity contribution in [3.63, 3.8) is 0 Å². The summed E-state index contributed by atoms with van der Waals surface area (Å²) in [6, 6.07) is 5.40. The van der Waals surface area contributed by atoms with Crippen LogP contribution >= 0.6 is 0 Å².